The summed E-state index contributed by atoms with van der Waals surface area (Å²) in [6.45, 7) is 6.86. The Balaban J connectivity index is 2.08. The summed E-state index contributed by atoms with van der Waals surface area (Å²) in [6, 6.07) is -0.183. The van der Waals surface area contributed by atoms with E-state index in [0.29, 0.717) is 30.2 Å². The van der Waals surface area contributed by atoms with Crippen molar-refractivity contribution in [1.29, 1.82) is 0 Å². The van der Waals surface area contributed by atoms with Crippen molar-refractivity contribution in [2.24, 2.45) is 17.6 Å². The molecule has 1 heterocycles. The van der Waals surface area contributed by atoms with Gasteiger partial charge in [-0.3, -0.25) is 0 Å². The van der Waals surface area contributed by atoms with Crippen LogP contribution in [0.25, 0.3) is 0 Å². The summed E-state index contributed by atoms with van der Waals surface area (Å²) in [6.07, 6.45) is 3.35. The summed E-state index contributed by atoms with van der Waals surface area (Å²) < 4.78 is 11.0. The molecule has 1 saturated carbocycles. The molecule has 1 aromatic heterocycles. The van der Waals surface area contributed by atoms with Crippen molar-refractivity contribution in [2.75, 3.05) is 6.61 Å². The zero-order chi connectivity index (χ0) is 13.1. The normalized spacial score (nSPS) is 20.7. The molecular weight excluding hydrogens is 230 g/mol. The Labute approximate surface area is 108 Å². The van der Waals surface area contributed by atoms with Gasteiger partial charge in [0, 0.05) is 6.61 Å². The van der Waals surface area contributed by atoms with Crippen LogP contribution in [0.15, 0.2) is 4.52 Å². The van der Waals surface area contributed by atoms with Crippen molar-refractivity contribution in [3.8, 4) is 0 Å². The van der Waals surface area contributed by atoms with Gasteiger partial charge in [0.25, 0.3) is 0 Å². The lowest BCUT2D eigenvalue weighted by Crippen LogP contribution is -2.19. The Morgan fingerprint density at radius 3 is 2.72 bits per heavy atom. The quantitative estimate of drug-likeness (QED) is 0.808. The van der Waals surface area contributed by atoms with E-state index in [0.717, 1.165) is 6.42 Å². The van der Waals surface area contributed by atoms with Gasteiger partial charge in [0.2, 0.25) is 11.7 Å². The van der Waals surface area contributed by atoms with Crippen LogP contribution in [0.1, 0.15) is 63.9 Å². The van der Waals surface area contributed by atoms with Gasteiger partial charge < -0.3 is 15.0 Å². The predicted octanol–water partition coefficient (Wildman–Crippen LogP) is 2.60. The lowest BCUT2D eigenvalue weighted by molar-refractivity contribution is 0.0384. The van der Waals surface area contributed by atoms with Crippen LogP contribution in [0, 0.1) is 11.8 Å². The predicted molar refractivity (Wildman–Crippen MR) is 67.8 cm³/mol. The highest BCUT2D eigenvalue weighted by Gasteiger charge is 2.36. The molecule has 1 aliphatic carbocycles. The molecule has 2 unspecified atom stereocenters. The van der Waals surface area contributed by atoms with Crippen molar-refractivity contribution in [3.05, 3.63) is 11.7 Å². The van der Waals surface area contributed by atoms with Crippen LogP contribution in [0.4, 0.5) is 0 Å². The third-order valence-corrected chi connectivity index (χ3v) is 3.65. The van der Waals surface area contributed by atoms with Gasteiger partial charge >= 0.3 is 0 Å². The second-order valence-electron chi connectivity index (χ2n) is 5.12. The first-order chi connectivity index (χ1) is 8.67. The molecule has 3 atom stereocenters. The minimum Gasteiger partial charge on any atom is -0.370 e. The average molecular weight is 253 g/mol. The summed E-state index contributed by atoms with van der Waals surface area (Å²) in [7, 11) is 0. The van der Waals surface area contributed by atoms with Gasteiger partial charge in [-0.2, -0.15) is 4.98 Å². The Kier molecular flexibility index (Phi) is 4.35. The van der Waals surface area contributed by atoms with E-state index in [1.54, 1.807) is 0 Å². The third-order valence-electron chi connectivity index (χ3n) is 3.65. The minimum absolute atomic E-state index is 0.0170. The number of rotatable bonds is 7. The molecule has 2 N–H and O–H groups in total. The maximum atomic E-state index is 6.09. The van der Waals surface area contributed by atoms with Crippen LogP contribution in [-0.2, 0) is 4.74 Å². The van der Waals surface area contributed by atoms with Gasteiger partial charge in [0.1, 0.15) is 6.10 Å². The Morgan fingerprint density at radius 2 is 2.17 bits per heavy atom. The number of aromatic nitrogens is 2. The zero-order valence-electron chi connectivity index (χ0n) is 11.4. The molecule has 0 bridgehead atoms. The Bertz CT molecular complexity index is 376. The van der Waals surface area contributed by atoms with Crippen LogP contribution in [0.3, 0.4) is 0 Å². The van der Waals surface area contributed by atoms with E-state index in [-0.39, 0.29) is 12.1 Å². The lowest BCUT2D eigenvalue weighted by Gasteiger charge is -2.13. The number of nitrogens with two attached hydrogens (primary N) is 1. The highest BCUT2D eigenvalue weighted by Crippen LogP contribution is 2.42. The van der Waals surface area contributed by atoms with E-state index in [9.17, 15) is 0 Å². The van der Waals surface area contributed by atoms with E-state index in [4.69, 9.17) is 15.0 Å². The molecule has 18 heavy (non-hydrogen) atoms. The fourth-order valence-corrected chi connectivity index (χ4v) is 2.00. The number of hydrogen-bond donors (Lipinski definition) is 1. The van der Waals surface area contributed by atoms with E-state index >= 15 is 0 Å². The first-order valence-electron chi connectivity index (χ1n) is 6.88. The largest absolute Gasteiger partial charge is 0.370 e. The van der Waals surface area contributed by atoms with E-state index in [2.05, 4.69) is 24.0 Å². The highest BCUT2D eigenvalue weighted by atomic mass is 16.5. The smallest absolute Gasteiger partial charge is 0.243 e. The van der Waals surface area contributed by atoms with Crippen molar-refractivity contribution in [1.82, 2.24) is 10.1 Å². The first kappa shape index (κ1) is 13.5. The van der Waals surface area contributed by atoms with Gasteiger partial charge in [0.15, 0.2) is 0 Å². The Morgan fingerprint density at radius 1 is 1.44 bits per heavy atom. The molecule has 0 aliphatic heterocycles. The topological polar surface area (TPSA) is 74.2 Å². The maximum Gasteiger partial charge on any atom is 0.243 e. The van der Waals surface area contributed by atoms with Crippen molar-refractivity contribution >= 4 is 0 Å². The second-order valence-corrected chi connectivity index (χ2v) is 5.12. The number of nitrogens with zero attached hydrogens (tertiary/aromatic N) is 2. The molecule has 0 saturated heterocycles. The summed E-state index contributed by atoms with van der Waals surface area (Å²) in [5.74, 6) is 2.08. The van der Waals surface area contributed by atoms with Gasteiger partial charge in [-0.15, -0.1) is 0 Å². The van der Waals surface area contributed by atoms with Crippen LogP contribution >= 0.6 is 0 Å². The minimum atomic E-state index is -0.183. The lowest BCUT2D eigenvalue weighted by atomic mass is 10.0. The molecular formula is C13H23N3O2. The van der Waals surface area contributed by atoms with Gasteiger partial charge in [-0.05, 0) is 31.6 Å². The molecule has 1 fully saturated rings. The molecule has 102 valence electrons. The van der Waals surface area contributed by atoms with E-state index < -0.39 is 0 Å². The van der Waals surface area contributed by atoms with Gasteiger partial charge in [-0.25, -0.2) is 0 Å². The maximum absolute atomic E-state index is 6.09. The first-order valence-corrected chi connectivity index (χ1v) is 6.88. The number of ether oxygens (including phenoxy) is 1. The molecule has 0 spiro atoms. The fourth-order valence-electron chi connectivity index (χ4n) is 2.00. The third kappa shape index (κ3) is 2.90. The fraction of sp³-hybridized carbons (Fsp3) is 0.846. The van der Waals surface area contributed by atoms with E-state index in [1.165, 1.54) is 12.8 Å². The summed E-state index contributed by atoms with van der Waals surface area (Å²) in [5.41, 5.74) is 6.09. The standard InChI is InChI=1S/C13H23N3O2/c1-4-8(3)10(14)13-15-12(16-18-13)11(17-5-2)9-6-7-9/h8-11H,4-7,14H2,1-3H3/t8?,10-,11?/m0/s1. The van der Waals surface area contributed by atoms with E-state index in [1.807, 2.05) is 6.92 Å². The molecule has 0 radical (unpaired) electrons. The van der Waals surface area contributed by atoms with Crippen LogP contribution in [0.5, 0.6) is 0 Å². The van der Waals surface area contributed by atoms with Crippen molar-refractivity contribution < 1.29 is 9.26 Å². The highest BCUT2D eigenvalue weighted by molar-refractivity contribution is 5.00. The molecule has 0 amide bonds. The van der Waals surface area contributed by atoms with Crippen LogP contribution < -0.4 is 5.73 Å². The van der Waals surface area contributed by atoms with Gasteiger partial charge in [0.05, 0.1) is 6.04 Å². The molecule has 0 aromatic carbocycles. The van der Waals surface area contributed by atoms with Crippen molar-refractivity contribution in [2.45, 2.75) is 52.2 Å². The summed E-state index contributed by atoms with van der Waals surface area (Å²) >= 11 is 0. The average Bonchev–Trinajstić information content (AvgIpc) is 3.11. The van der Waals surface area contributed by atoms with Gasteiger partial charge in [-0.1, -0.05) is 25.4 Å². The SMILES string of the molecule is CCOC(c1noc([C@@H](N)C(C)CC)n1)C1CC1. The van der Waals surface area contributed by atoms with Crippen molar-refractivity contribution in [3.63, 3.8) is 0 Å². The zero-order valence-corrected chi connectivity index (χ0v) is 11.4. The second kappa shape index (κ2) is 5.80. The molecule has 1 aliphatic rings. The molecule has 1 aromatic rings. The van der Waals surface area contributed by atoms with Crippen LogP contribution in [0.2, 0.25) is 0 Å². The number of hydrogen-bond acceptors (Lipinski definition) is 5. The molecule has 5 nitrogen and oxygen atoms in total. The monoisotopic (exact) mass is 253 g/mol. The molecule has 5 heteroatoms. The van der Waals surface area contributed by atoms with Crippen LogP contribution in [-0.4, -0.2) is 16.7 Å². The summed E-state index contributed by atoms with van der Waals surface area (Å²) in [5, 5.41) is 4.04. The Hall–Kier alpha value is -0.940. The summed E-state index contributed by atoms with van der Waals surface area (Å²) in [4.78, 5) is 4.43. The molecule has 2 rings (SSSR count).